The molecule has 104 valence electrons. The number of carbonyl (C=O) groups is 1. The van der Waals surface area contributed by atoms with Crippen LogP contribution in [-0.4, -0.2) is 15.6 Å². The molecule has 1 heterocycles. The predicted octanol–water partition coefficient (Wildman–Crippen LogP) is 4.12. The first-order chi connectivity index (χ1) is 9.65. The first-order valence-electron chi connectivity index (χ1n) is 6.68. The van der Waals surface area contributed by atoms with E-state index in [1.54, 1.807) is 17.0 Å². The molecule has 20 heavy (non-hydrogen) atoms. The molecule has 2 aromatic rings. The fourth-order valence-corrected chi connectivity index (χ4v) is 2.45. The highest BCUT2D eigenvalue weighted by Gasteiger charge is 2.13. The van der Waals surface area contributed by atoms with Crippen molar-refractivity contribution in [3.63, 3.8) is 0 Å². The number of hydrogen-bond donors (Lipinski definition) is 0. The van der Waals surface area contributed by atoms with Gasteiger partial charge in [0.05, 0.1) is 10.7 Å². The first-order valence-corrected chi connectivity index (χ1v) is 7.47. The lowest BCUT2D eigenvalue weighted by atomic mass is 10.1. The average molecular weight is 333 g/mol. The van der Waals surface area contributed by atoms with E-state index in [1.165, 1.54) is 5.56 Å². The highest BCUT2D eigenvalue weighted by atomic mass is 79.9. The molecule has 0 atom stereocenters. The van der Waals surface area contributed by atoms with Gasteiger partial charge >= 0.3 is 0 Å². The summed E-state index contributed by atoms with van der Waals surface area (Å²) < 4.78 is 2.42. The SMILES string of the molecule is CCc1ccc(/C=C/C(=O)c2c(Br)cnn2CC)cc1. The summed E-state index contributed by atoms with van der Waals surface area (Å²) in [5, 5.41) is 4.15. The Labute approximate surface area is 127 Å². The molecule has 0 radical (unpaired) electrons. The fourth-order valence-electron chi connectivity index (χ4n) is 1.96. The molecule has 0 spiro atoms. The molecule has 0 N–H and O–H groups in total. The van der Waals surface area contributed by atoms with E-state index in [9.17, 15) is 4.79 Å². The molecule has 0 aliphatic rings. The molecule has 3 nitrogen and oxygen atoms in total. The van der Waals surface area contributed by atoms with Gasteiger partial charge in [0.15, 0.2) is 0 Å². The molecule has 0 fully saturated rings. The minimum atomic E-state index is -0.0456. The van der Waals surface area contributed by atoms with Crippen LogP contribution in [0.25, 0.3) is 6.08 Å². The normalized spacial score (nSPS) is 11.2. The van der Waals surface area contributed by atoms with Crippen molar-refractivity contribution in [1.29, 1.82) is 0 Å². The van der Waals surface area contributed by atoms with Crippen LogP contribution in [0.15, 0.2) is 41.0 Å². The van der Waals surface area contributed by atoms with Crippen molar-refractivity contribution < 1.29 is 4.79 Å². The summed E-state index contributed by atoms with van der Waals surface area (Å²) in [6, 6.07) is 8.20. The van der Waals surface area contributed by atoms with Crippen LogP contribution in [0.1, 0.15) is 35.5 Å². The highest BCUT2D eigenvalue weighted by molar-refractivity contribution is 9.10. The van der Waals surface area contributed by atoms with Gasteiger partial charge in [-0.05, 0) is 46.5 Å². The summed E-state index contributed by atoms with van der Waals surface area (Å²) in [5.74, 6) is -0.0456. The Morgan fingerprint density at radius 3 is 2.60 bits per heavy atom. The van der Waals surface area contributed by atoms with E-state index in [2.05, 4.69) is 40.1 Å². The average Bonchev–Trinajstić information content (AvgIpc) is 2.86. The standard InChI is InChI=1S/C16H17BrN2O/c1-3-12-5-7-13(8-6-12)9-10-15(20)16-14(17)11-18-19(16)4-2/h5-11H,3-4H2,1-2H3/b10-9+. The summed E-state index contributed by atoms with van der Waals surface area (Å²) in [5.41, 5.74) is 2.91. The van der Waals surface area contributed by atoms with Gasteiger partial charge in [0.1, 0.15) is 5.69 Å². The van der Waals surface area contributed by atoms with Crippen LogP contribution in [-0.2, 0) is 13.0 Å². The van der Waals surface area contributed by atoms with E-state index < -0.39 is 0 Å². The lowest BCUT2D eigenvalue weighted by Crippen LogP contribution is -2.07. The second kappa shape index (κ2) is 6.66. The van der Waals surface area contributed by atoms with Crippen molar-refractivity contribution in [2.24, 2.45) is 0 Å². The zero-order valence-corrected chi connectivity index (χ0v) is 13.2. The number of rotatable bonds is 5. The predicted molar refractivity (Wildman–Crippen MR) is 84.8 cm³/mol. The monoisotopic (exact) mass is 332 g/mol. The van der Waals surface area contributed by atoms with Crippen molar-refractivity contribution in [3.8, 4) is 0 Å². The van der Waals surface area contributed by atoms with Gasteiger partial charge in [0.25, 0.3) is 0 Å². The molecule has 0 saturated heterocycles. The van der Waals surface area contributed by atoms with E-state index in [-0.39, 0.29) is 5.78 Å². The molecule has 0 amide bonds. The maximum absolute atomic E-state index is 12.2. The molecule has 0 bridgehead atoms. The Bertz CT molecular complexity index is 626. The maximum atomic E-state index is 12.2. The molecule has 0 aliphatic heterocycles. The minimum absolute atomic E-state index is 0.0456. The Kier molecular flexibility index (Phi) is 4.90. The van der Waals surface area contributed by atoms with Gasteiger partial charge in [-0.1, -0.05) is 37.3 Å². The number of allylic oxidation sites excluding steroid dienone is 1. The fraction of sp³-hybridized carbons (Fsp3) is 0.250. The second-order valence-electron chi connectivity index (χ2n) is 4.45. The van der Waals surface area contributed by atoms with E-state index in [0.717, 1.165) is 16.5 Å². The molecular weight excluding hydrogens is 316 g/mol. The van der Waals surface area contributed by atoms with Gasteiger partial charge in [-0.15, -0.1) is 0 Å². The third-order valence-electron chi connectivity index (χ3n) is 3.14. The van der Waals surface area contributed by atoms with Crippen molar-refractivity contribution in [2.45, 2.75) is 26.8 Å². The number of carbonyl (C=O) groups excluding carboxylic acids is 1. The molecule has 0 unspecified atom stereocenters. The summed E-state index contributed by atoms with van der Waals surface area (Å²) in [4.78, 5) is 12.2. The number of ketones is 1. The van der Waals surface area contributed by atoms with E-state index in [1.807, 2.05) is 25.1 Å². The van der Waals surface area contributed by atoms with Gasteiger partial charge in [0, 0.05) is 6.54 Å². The maximum Gasteiger partial charge on any atom is 0.205 e. The smallest absolute Gasteiger partial charge is 0.205 e. The summed E-state index contributed by atoms with van der Waals surface area (Å²) in [6.45, 7) is 4.76. The molecule has 0 aliphatic carbocycles. The molecule has 4 heteroatoms. The van der Waals surface area contributed by atoms with Crippen LogP contribution in [0.4, 0.5) is 0 Å². The number of halogens is 1. The number of benzene rings is 1. The van der Waals surface area contributed by atoms with Crippen LogP contribution in [0.2, 0.25) is 0 Å². The van der Waals surface area contributed by atoms with E-state index in [0.29, 0.717) is 12.2 Å². The van der Waals surface area contributed by atoms with Crippen molar-refractivity contribution in [3.05, 3.63) is 57.8 Å². The summed E-state index contributed by atoms with van der Waals surface area (Å²) >= 11 is 3.37. The minimum Gasteiger partial charge on any atom is -0.288 e. The van der Waals surface area contributed by atoms with Gasteiger partial charge in [-0.25, -0.2) is 0 Å². The Morgan fingerprint density at radius 2 is 2.00 bits per heavy atom. The zero-order chi connectivity index (χ0) is 14.5. The zero-order valence-electron chi connectivity index (χ0n) is 11.6. The van der Waals surface area contributed by atoms with Crippen molar-refractivity contribution >= 4 is 27.8 Å². The number of aromatic nitrogens is 2. The van der Waals surface area contributed by atoms with E-state index >= 15 is 0 Å². The molecule has 2 rings (SSSR count). The lowest BCUT2D eigenvalue weighted by Gasteiger charge is -2.01. The van der Waals surface area contributed by atoms with E-state index in [4.69, 9.17) is 0 Å². The lowest BCUT2D eigenvalue weighted by molar-refractivity contribution is 0.103. The molecule has 0 saturated carbocycles. The first kappa shape index (κ1) is 14.7. The van der Waals surface area contributed by atoms with Gasteiger partial charge < -0.3 is 0 Å². The number of nitrogens with zero attached hydrogens (tertiary/aromatic N) is 2. The third-order valence-corrected chi connectivity index (χ3v) is 3.72. The van der Waals surface area contributed by atoms with Crippen LogP contribution in [0, 0.1) is 0 Å². The summed E-state index contributed by atoms with van der Waals surface area (Å²) in [7, 11) is 0. The number of hydrogen-bond acceptors (Lipinski definition) is 2. The Morgan fingerprint density at radius 1 is 1.30 bits per heavy atom. The summed E-state index contributed by atoms with van der Waals surface area (Å²) in [6.07, 6.45) is 6.10. The second-order valence-corrected chi connectivity index (χ2v) is 5.30. The molecular formula is C16H17BrN2O. The van der Waals surface area contributed by atoms with Crippen LogP contribution < -0.4 is 0 Å². The van der Waals surface area contributed by atoms with Crippen LogP contribution >= 0.6 is 15.9 Å². The largest absolute Gasteiger partial charge is 0.288 e. The quantitative estimate of drug-likeness (QED) is 0.609. The highest BCUT2D eigenvalue weighted by Crippen LogP contribution is 2.17. The van der Waals surface area contributed by atoms with Crippen LogP contribution in [0.5, 0.6) is 0 Å². The number of aryl methyl sites for hydroxylation is 2. The van der Waals surface area contributed by atoms with Gasteiger partial charge in [-0.2, -0.15) is 5.10 Å². The van der Waals surface area contributed by atoms with Crippen molar-refractivity contribution in [2.75, 3.05) is 0 Å². The molecule has 1 aromatic heterocycles. The Hall–Kier alpha value is -1.68. The van der Waals surface area contributed by atoms with Gasteiger partial charge in [0.2, 0.25) is 5.78 Å². The van der Waals surface area contributed by atoms with Crippen LogP contribution in [0.3, 0.4) is 0 Å². The molecule has 1 aromatic carbocycles. The topological polar surface area (TPSA) is 34.9 Å². The van der Waals surface area contributed by atoms with Crippen molar-refractivity contribution in [1.82, 2.24) is 9.78 Å². The third kappa shape index (κ3) is 3.25. The Balaban J connectivity index is 2.17. The van der Waals surface area contributed by atoms with Gasteiger partial charge in [-0.3, -0.25) is 9.48 Å².